The topological polar surface area (TPSA) is 46.6 Å². The number of carbonyl (C=O) groups is 2. The van der Waals surface area contributed by atoms with E-state index in [-0.39, 0.29) is 10.0 Å². The zero-order valence-electron chi connectivity index (χ0n) is 11.8. The summed E-state index contributed by atoms with van der Waals surface area (Å²) in [6.45, 7) is 5.15. The van der Waals surface area contributed by atoms with Crippen LogP contribution < -0.4 is 0 Å². The third-order valence-corrected chi connectivity index (χ3v) is 3.14. The number of benzene rings is 1. The van der Waals surface area contributed by atoms with Crippen molar-refractivity contribution in [1.82, 2.24) is 4.90 Å². The Labute approximate surface area is 126 Å². The Morgan fingerprint density at radius 3 is 2.55 bits per heavy atom. The molecule has 1 aromatic rings. The number of carbonyl (C=O) groups excluding carboxylic acids is 2. The van der Waals surface area contributed by atoms with E-state index in [1.54, 1.807) is 26.8 Å². The number of hydrogen-bond acceptors (Lipinski definition) is 3. The van der Waals surface area contributed by atoms with Crippen LogP contribution in [-0.2, 0) is 9.53 Å². The minimum atomic E-state index is -1.04. The molecule has 1 amide bonds. The van der Waals surface area contributed by atoms with Gasteiger partial charge in [0.1, 0.15) is 23.7 Å². The molecule has 0 aliphatic rings. The number of halogens is 2. The van der Waals surface area contributed by atoms with E-state index >= 15 is 0 Å². The Hall–Kier alpha value is -1.43. The highest BCUT2D eigenvalue weighted by atomic mass is 79.9. The molecule has 0 aliphatic heterocycles. The van der Waals surface area contributed by atoms with Crippen molar-refractivity contribution >= 4 is 28.3 Å². The molecule has 6 heteroatoms. The van der Waals surface area contributed by atoms with Crippen LogP contribution in [0.3, 0.4) is 0 Å². The van der Waals surface area contributed by atoms with E-state index in [4.69, 9.17) is 4.74 Å². The summed E-state index contributed by atoms with van der Waals surface area (Å²) in [5, 5.41) is 0. The van der Waals surface area contributed by atoms with Gasteiger partial charge in [-0.2, -0.15) is 0 Å². The van der Waals surface area contributed by atoms with Gasteiger partial charge in [-0.3, -0.25) is 4.90 Å². The van der Waals surface area contributed by atoms with Crippen LogP contribution >= 0.6 is 15.9 Å². The molecule has 0 aromatic heterocycles. The summed E-state index contributed by atoms with van der Waals surface area (Å²) in [5.74, 6) is -0.569. The second-order valence-corrected chi connectivity index (χ2v) is 6.17. The summed E-state index contributed by atoms with van der Waals surface area (Å²) >= 11 is 3.05. The summed E-state index contributed by atoms with van der Waals surface area (Å²) in [6.07, 6.45) is -0.177. The SMILES string of the molecule is CN(C(=O)OC(C)(C)C)C(C=O)c1cccc(Br)c1F. The normalized spacial score (nSPS) is 12.7. The van der Waals surface area contributed by atoms with E-state index in [0.29, 0.717) is 6.29 Å². The van der Waals surface area contributed by atoms with Crippen LogP contribution in [0.25, 0.3) is 0 Å². The molecule has 1 unspecified atom stereocenters. The predicted molar refractivity (Wildman–Crippen MR) is 76.9 cm³/mol. The summed E-state index contributed by atoms with van der Waals surface area (Å²) in [5.41, 5.74) is -0.572. The molecule has 0 saturated heterocycles. The number of nitrogens with zero attached hydrogens (tertiary/aromatic N) is 1. The van der Waals surface area contributed by atoms with Gasteiger partial charge in [-0.1, -0.05) is 12.1 Å². The molecule has 0 spiro atoms. The molecular weight excluding hydrogens is 329 g/mol. The highest BCUT2D eigenvalue weighted by molar-refractivity contribution is 9.10. The highest BCUT2D eigenvalue weighted by Crippen LogP contribution is 2.26. The molecule has 0 radical (unpaired) electrons. The fourth-order valence-electron chi connectivity index (χ4n) is 1.57. The van der Waals surface area contributed by atoms with Crippen LogP contribution in [0, 0.1) is 5.82 Å². The Kier molecular flexibility index (Phi) is 5.28. The molecule has 0 N–H and O–H groups in total. The number of likely N-dealkylation sites (N-methyl/N-ethyl adjacent to an activating group) is 1. The molecule has 1 aromatic carbocycles. The van der Waals surface area contributed by atoms with E-state index in [0.717, 1.165) is 4.90 Å². The zero-order valence-corrected chi connectivity index (χ0v) is 13.4. The van der Waals surface area contributed by atoms with Crippen molar-refractivity contribution < 1.29 is 18.7 Å². The third-order valence-electron chi connectivity index (χ3n) is 2.53. The number of hydrogen-bond donors (Lipinski definition) is 0. The molecular formula is C14H17BrFNO3. The molecule has 1 atom stereocenters. The summed E-state index contributed by atoms with van der Waals surface area (Å²) in [4.78, 5) is 24.3. The average Bonchev–Trinajstić information content (AvgIpc) is 2.33. The second kappa shape index (κ2) is 6.35. The molecule has 20 heavy (non-hydrogen) atoms. The molecule has 0 bridgehead atoms. The van der Waals surface area contributed by atoms with E-state index in [1.165, 1.54) is 19.2 Å². The van der Waals surface area contributed by atoms with Gasteiger partial charge in [0, 0.05) is 12.6 Å². The minimum absolute atomic E-state index is 0.114. The van der Waals surface area contributed by atoms with Gasteiger partial charge in [-0.25, -0.2) is 9.18 Å². The van der Waals surface area contributed by atoms with Crippen LogP contribution in [0.2, 0.25) is 0 Å². The van der Waals surface area contributed by atoms with E-state index < -0.39 is 23.6 Å². The average molecular weight is 346 g/mol. The number of rotatable bonds is 3. The molecule has 0 heterocycles. The Balaban J connectivity index is 3.04. The Morgan fingerprint density at radius 1 is 1.45 bits per heavy atom. The first-order valence-corrected chi connectivity index (χ1v) is 6.81. The highest BCUT2D eigenvalue weighted by Gasteiger charge is 2.28. The van der Waals surface area contributed by atoms with E-state index in [2.05, 4.69) is 15.9 Å². The molecule has 1 rings (SSSR count). The van der Waals surface area contributed by atoms with Crippen LogP contribution in [0.5, 0.6) is 0 Å². The van der Waals surface area contributed by atoms with Gasteiger partial charge in [-0.15, -0.1) is 0 Å². The van der Waals surface area contributed by atoms with E-state index in [9.17, 15) is 14.0 Å². The first-order valence-electron chi connectivity index (χ1n) is 6.02. The van der Waals surface area contributed by atoms with Gasteiger partial charge in [0.15, 0.2) is 0 Å². The molecule has 4 nitrogen and oxygen atoms in total. The van der Waals surface area contributed by atoms with E-state index in [1.807, 2.05) is 0 Å². The first kappa shape index (κ1) is 16.6. The smallest absolute Gasteiger partial charge is 0.410 e. The van der Waals surface area contributed by atoms with Crippen molar-refractivity contribution in [2.75, 3.05) is 7.05 Å². The van der Waals surface area contributed by atoms with Gasteiger partial charge in [-0.05, 0) is 42.8 Å². The van der Waals surface area contributed by atoms with Crippen LogP contribution in [-0.4, -0.2) is 29.9 Å². The summed E-state index contributed by atoms with van der Waals surface area (Å²) < 4.78 is 19.4. The largest absolute Gasteiger partial charge is 0.444 e. The van der Waals surface area contributed by atoms with Crippen molar-refractivity contribution in [3.05, 3.63) is 34.1 Å². The van der Waals surface area contributed by atoms with Gasteiger partial charge in [0.2, 0.25) is 0 Å². The lowest BCUT2D eigenvalue weighted by Gasteiger charge is -2.28. The number of amides is 1. The maximum atomic E-state index is 14.0. The van der Waals surface area contributed by atoms with Gasteiger partial charge in [0.05, 0.1) is 4.47 Å². The first-order chi connectivity index (χ1) is 9.17. The number of aldehydes is 1. The minimum Gasteiger partial charge on any atom is -0.444 e. The lowest BCUT2D eigenvalue weighted by Crippen LogP contribution is -2.37. The summed E-state index contributed by atoms with van der Waals surface area (Å²) in [6, 6.07) is 3.54. The molecule has 0 saturated carbocycles. The molecule has 0 aliphatic carbocycles. The zero-order chi connectivity index (χ0) is 15.5. The van der Waals surface area contributed by atoms with Crippen LogP contribution in [0.4, 0.5) is 9.18 Å². The fraction of sp³-hybridized carbons (Fsp3) is 0.429. The summed E-state index contributed by atoms with van der Waals surface area (Å²) in [7, 11) is 1.40. The van der Waals surface area contributed by atoms with Crippen molar-refractivity contribution in [1.29, 1.82) is 0 Å². The van der Waals surface area contributed by atoms with Crippen molar-refractivity contribution in [2.24, 2.45) is 0 Å². The van der Waals surface area contributed by atoms with Gasteiger partial charge in [0.25, 0.3) is 0 Å². The fourth-order valence-corrected chi connectivity index (χ4v) is 1.95. The Bertz CT molecular complexity index is 514. The maximum absolute atomic E-state index is 14.0. The second-order valence-electron chi connectivity index (χ2n) is 5.32. The number of ether oxygens (including phenoxy) is 1. The van der Waals surface area contributed by atoms with Crippen molar-refractivity contribution in [2.45, 2.75) is 32.4 Å². The molecule has 110 valence electrons. The van der Waals surface area contributed by atoms with Crippen molar-refractivity contribution in [3.8, 4) is 0 Å². The maximum Gasteiger partial charge on any atom is 0.410 e. The van der Waals surface area contributed by atoms with Gasteiger partial charge < -0.3 is 9.53 Å². The van der Waals surface area contributed by atoms with Crippen LogP contribution in [0.15, 0.2) is 22.7 Å². The Morgan fingerprint density at radius 2 is 2.05 bits per heavy atom. The molecule has 0 fully saturated rings. The predicted octanol–water partition coefficient (Wildman–Crippen LogP) is 3.70. The lowest BCUT2D eigenvalue weighted by atomic mass is 10.1. The third kappa shape index (κ3) is 4.03. The monoisotopic (exact) mass is 345 g/mol. The standard InChI is InChI=1S/C14H17BrFNO3/c1-14(2,3)20-13(19)17(4)11(8-18)9-6-5-7-10(15)12(9)16/h5-8,11H,1-4H3. The van der Waals surface area contributed by atoms with Crippen LogP contribution in [0.1, 0.15) is 32.4 Å². The van der Waals surface area contributed by atoms with Crippen molar-refractivity contribution in [3.63, 3.8) is 0 Å². The van der Waals surface area contributed by atoms with Gasteiger partial charge >= 0.3 is 6.09 Å². The lowest BCUT2D eigenvalue weighted by molar-refractivity contribution is -0.112. The quantitative estimate of drug-likeness (QED) is 0.784.